The molecular formula is C15H19N3O3. The van der Waals surface area contributed by atoms with Crippen molar-refractivity contribution in [2.24, 2.45) is 5.73 Å². The van der Waals surface area contributed by atoms with Gasteiger partial charge in [0.25, 0.3) is 0 Å². The van der Waals surface area contributed by atoms with Crippen LogP contribution in [0.2, 0.25) is 0 Å². The molecule has 1 aromatic heterocycles. The van der Waals surface area contributed by atoms with Gasteiger partial charge in [-0.15, -0.1) is 0 Å². The quantitative estimate of drug-likeness (QED) is 0.893. The lowest BCUT2D eigenvalue weighted by Gasteiger charge is -2.18. The summed E-state index contributed by atoms with van der Waals surface area (Å²) >= 11 is 0. The second kappa shape index (κ2) is 6.24. The Morgan fingerprint density at radius 2 is 1.95 bits per heavy atom. The standard InChI is InChI=1S/C15H19N3O3/c16-13(9-10-1-3-12(19)4-2-10)15-17-14(18-21-15)11-5-7-20-8-6-11/h1-4,11,13,19H,5-9,16H2. The van der Waals surface area contributed by atoms with Crippen molar-refractivity contribution in [2.45, 2.75) is 31.2 Å². The number of rotatable bonds is 4. The molecule has 1 aromatic carbocycles. The second-order valence-electron chi connectivity index (χ2n) is 5.35. The number of nitrogens with two attached hydrogens (primary N) is 1. The van der Waals surface area contributed by atoms with E-state index in [4.69, 9.17) is 15.0 Å². The van der Waals surface area contributed by atoms with Crippen LogP contribution in [-0.2, 0) is 11.2 Å². The van der Waals surface area contributed by atoms with Gasteiger partial charge in [0.15, 0.2) is 5.82 Å². The van der Waals surface area contributed by atoms with E-state index in [2.05, 4.69) is 10.1 Å². The van der Waals surface area contributed by atoms with Crippen LogP contribution in [0.25, 0.3) is 0 Å². The van der Waals surface area contributed by atoms with E-state index in [1.54, 1.807) is 12.1 Å². The topological polar surface area (TPSA) is 94.4 Å². The van der Waals surface area contributed by atoms with Crippen LogP contribution in [0, 0.1) is 0 Å². The van der Waals surface area contributed by atoms with E-state index >= 15 is 0 Å². The van der Waals surface area contributed by atoms with Crippen LogP contribution in [0.5, 0.6) is 5.75 Å². The number of phenols is 1. The van der Waals surface area contributed by atoms with Gasteiger partial charge >= 0.3 is 0 Å². The van der Waals surface area contributed by atoms with Crippen molar-refractivity contribution in [3.63, 3.8) is 0 Å². The first-order valence-corrected chi connectivity index (χ1v) is 7.17. The zero-order valence-electron chi connectivity index (χ0n) is 11.7. The third kappa shape index (κ3) is 3.40. The Kier molecular flexibility index (Phi) is 4.17. The van der Waals surface area contributed by atoms with Gasteiger partial charge in [-0.05, 0) is 37.0 Å². The van der Waals surface area contributed by atoms with Gasteiger partial charge in [-0.1, -0.05) is 17.3 Å². The average Bonchev–Trinajstić information content (AvgIpc) is 3.00. The first-order valence-electron chi connectivity index (χ1n) is 7.17. The number of nitrogens with zero attached hydrogens (tertiary/aromatic N) is 2. The zero-order valence-corrected chi connectivity index (χ0v) is 11.7. The Bertz CT molecular complexity index is 576. The third-order valence-electron chi connectivity index (χ3n) is 3.75. The molecule has 3 N–H and O–H groups in total. The Labute approximate surface area is 122 Å². The van der Waals surface area contributed by atoms with E-state index in [9.17, 15) is 5.11 Å². The van der Waals surface area contributed by atoms with Crippen molar-refractivity contribution in [1.82, 2.24) is 10.1 Å². The number of phenolic OH excluding ortho intramolecular Hbond substituents is 1. The summed E-state index contributed by atoms with van der Waals surface area (Å²) in [6.45, 7) is 1.49. The zero-order chi connectivity index (χ0) is 14.7. The number of aromatic hydroxyl groups is 1. The third-order valence-corrected chi connectivity index (χ3v) is 3.75. The van der Waals surface area contributed by atoms with Crippen LogP contribution in [0.15, 0.2) is 28.8 Å². The maximum Gasteiger partial charge on any atom is 0.243 e. The number of hydrogen-bond donors (Lipinski definition) is 2. The Hall–Kier alpha value is -1.92. The fraction of sp³-hybridized carbons (Fsp3) is 0.467. The molecule has 1 atom stereocenters. The minimum Gasteiger partial charge on any atom is -0.508 e. The monoisotopic (exact) mass is 289 g/mol. The molecule has 0 spiro atoms. The molecule has 112 valence electrons. The van der Waals surface area contributed by atoms with Crippen LogP contribution >= 0.6 is 0 Å². The first kappa shape index (κ1) is 14.0. The lowest BCUT2D eigenvalue weighted by atomic mass is 10.00. The van der Waals surface area contributed by atoms with Gasteiger partial charge < -0.3 is 20.1 Å². The highest BCUT2D eigenvalue weighted by Gasteiger charge is 2.23. The summed E-state index contributed by atoms with van der Waals surface area (Å²) in [7, 11) is 0. The van der Waals surface area contributed by atoms with Crippen LogP contribution < -0.4 is 5.73 Å². The normalized spacial score (nSPS) is 17.8. The van der Waals surface area contributed by atoms with Crippen molar-refractivity contribution in [3.8, 4) is 5.75 Å². The smallest absolute Gasteiger partial charge is 0.243 e. The predicted molar refractivity (Wildman–Crippen MR) is 75.8 cm³/mol. The molecular weight excluding hydrogens is 270 g/mol. The molecule has 0 amide bonds. The van der Waals surface area contributed by atoms with Crippen molar-refractivity contribution in [1.29, 1.82) is 0 Å². The van der Waals surface area contributed by atoms with Gasteiger partial charge in [-0.2, -0.15) is 4.98 Å². The van der Waals surface area contributed by atoms with Crippen molar-refractivity contribution < 1.29 is 14.4 Å². The Balaban J connectivity index is 1.65. The molecule has 0 aliphatic carbocycles. The average molecular weight is 289 g/mol. The minimum absolute atomic E-state index is 0.243. The highest BCUT2D eigenvalue weighted by molar-refractivity contribution is 5.26. The molecule has 6 heteroatoms. The fourth-order valence-electron chi connectivity index (χ4n) is 2.49. The molecule has 3 rings (SSSR count). The van der Waals surface area contributed by atoms with E-state index in [0.717, 1.165) is 37.4 Å². The van der Waals surface area contributed by atoms with Gasteiger partial charge in [-0.25, -0.2) is 0 Å². The summed E-state index contributed by atoms with van der Waals surface area (Å²) < 4.78 is 10.6. The summed E-state index contributed by atoms with van der Waals surface area (Å²) in [5.74, 6) is 1.74. The molecule has 6 nitrogen and oxygen atoms in total. The van der Waals surface area contributed by atoms with Crippen molar-refractivity contribution in [2.75, 3.05) is 13.2 Å². The molecule has 1 saturated heterocycles. The lowest BCUT2D eigenvalue weighted by Crippen LogP contribution is -2.16. The molecule has 2 aromatic rings. The highest BCUT2D eigenvalue weighted by atomic mass is 16.5. The fourth-order valence-corrected chi connectivity index (χ4v) is 2.49. The summed E-state index contributed by atoms with van der Waals surface area (Å²) in [5, 5.41) is 13.3. The van der Waals surface area contributed by atoms with E-state index in [1.807, 2.05) is 12.1 Å². The lowest BCUT2D eigenvalue weighted by molar-refractivity contribution is 0.0830. The summed E-state index contributed by atoms with van der Waals surface area (Å²) in [6.07, 6.45) is 2.44. The van der Waals surface area contributed by atoms with E-state index in [1.165, 1.54) is 0 Å². The molecule has 0 bridgehead atoms. The minimum atomic E-state index is -0.337. The van der Waals surface area contributed by atoms with Gasteiger partial charge in [0, 0.05) is 19.1 Å². The van der Waals surface area contributed by atoms with E-state index in [0.29, 0.717) is 18.2 Å². The summed E-state index contributed by atoms with van der Waals surface area (Å²) in [6, 6.07) is 6.62. The molecule has 1 aliphatic rings. The van der Waals surface area contributed by atoms with Gasteiger partial charge in [0.1, 0.15) is 5.75 Å². The number of aromatic nitrogens is 2. The van der Waals surface area contributed by atoms with E-state index in [-0.39, 0.29) is 11.8 Å². The molecule has 0 radical (unpaired) electrons. The number of ether oxygens (including phenoxy) is 1. The summed E-state index contributed by atoms with van der Waals surface area (Å²) in [4.78, 5) is 4.44. The molecule has 2 heterocycles. The largest absolute Gasteiger partial charge is 0.508 e. The Morgan fingerprint density at radius 3 is 2.67 bits per heavy atom. The highest BCUT2D eigenvalue weighted by Crippen LogP contribution is 2.25. The maximum absolute atomic E-state index is 9.27. The first-order chi connectivity index (χ1) is 10.2. The predicted octanol–water partition coefficient (Wildman–Crippen LogP) is 1.91. The van der Waals surface area contributed by atoms with E-state index < -0.39 is 0 Å². The maximum atomic E-state index is 9.27. The van der Waals surface area contributed by atoms with Crippen LogP contribution in [0.4, 0.5) is 0 Å². The molecule has 1 aliphatic heterocycles. The SMILES string of the molecule is NC(Cc1ccc(O)cc1)c1nc(C2CCOCC2)no1. The van der Waals surface area contributed by atoms with Crippen molar-refractivity contribution in [3.05, 3.63) is 41.5 Å². The molecule has 0 saturated carbocycles. The second-order valence-corrected chi connectivity index (χ2v) is 5.35. The van der Waals surface area contributed by atoms with Crippen LogP contribution in [0.3, 0.4) is 0 Å². The number of benzene rings is 1. The molecule has 1 unspecified atom stereocenters. The van der Waals surface area contributed by atoms with Crippen molar-refractivity contribution >= 4 is 0 Å². The van der Waals surface area contributed by atoms with Gasteiger partial charge in [-0.3, -0.25) is 0 Å². The molecule has 1 fully saturated rings. The van der Waals surface area contributed by atoms with Crippen LogP contribution in [-0.4, -0.2) is 28.5 Å². The van der Waals surface area contributed by atoms with Gasteiger partial charge in [0.05, 0.1) is 6.04 Å². The summed E-state index contributed by atoms with van der Waals surface area (Å²) in [5.41, 5.74) is 7.14. The van der Waals surface area contributed by atoms with Crippen LogP contribution in [0.1, 0.15) is 42.1 Å². The Morgan fingerprint density at radius 1 is 1.24 bits per heavy atom. The number of hydrogen-bond acceptors (Lipinski definition) is 6. The van der Waals surface area contributed by atoms with Gasteiger partial charge in [0.2, 0.25) is 5.89 Å². The molecule has 21 heavy (non-hydrogen) atoms.